The second-order valence-corrected chi connectivity index (χ2v) is 6.86. The van der Waals surface area contributed by atoms with E-state index in [1.54, 1.807) is 18.3 Å². The van der Waals surface area contributed by atoms with Crippen molar-refractivity contribution in [1.82, 2.24) is 15.2 Å². The van der Waals surface area contributed by atoms with Gasteiger partial charge in [0.15, 0.2) is 5.78 Å². The van der Waals surface area contributed by atoms with E-state index in [0.29, 0.717) is 18.8 Å². The van der Waals surface area contributed by atoms with Crippen LogP contribution in [0.15, 0.2) is 24.4 Å². The Morgan fingerprint density at radius 2 is 2.17 bits per heavy atom. The van der Waals surface area contributed by atoms with Gasteiger partial charge in [-0.25, -0.2) is 4.79 Å². The highest BCUT2D eigenvalue weighted by molar-refractivity contribution is 5.95. The van der Waals surface area contributed by atoms with Gasteiger partial charge in [0.05, 0.1) is 6.54 Å². The predicted molar refractivity (Wildman–Crippen MR) is 87.4 cm³/mol. The smallest absolute Gasteiger partial charge is 0.407 e. The third kappa shape index (κ3) is 5.98. The van der Waals surface area contributed by atoms with Crippen LogP contribution < -0.4 is 5.32 Å². The minimum Gasteiger partial charge on any atom is -0.444 e. The second kappa shape index (κ2) is 7.55. The average Bonchev–Trinajstić information content (AvgIpc) is 2.46. The lowest BCUT2D eigenvalue weighted by Crippen LogP contribution is -2.49. The first-order valence-corrected chi connectivity index (χ1v) is 7.99. The van der Waals surface area contributed by atoms with Crippen molar-refractivity contribution in [2.45, 2.75) is 45.3 Å². The van der Waals surface area contributed by atoms with Crippen LogP contribution in [0.4, 0.5) is 4.79 Å². The lowest BCUT2D eigenvalue weighted by atomic mass is 10.1. The molecule has 0 aliphatic carbocycles. The number of hydrogen-bond donors (Lipinski definition) is 1. The molecule has 6 nitrogen and oxygen atoms in total. The quantitative estimate of drug-likeness (QED) is 0.862. The Balaban J connectivity index is 1.84. The fourth-order valence-corrected chi connectivity index (χ4v) is 2.60. The monoisotopic (exact) mass is 319 g/mol. The molecule has 1 atom stereocenters. The number of pyridine rings is 1. The molecular weight excluding hydrogens is 294 g/mol. The molecule has 0 saturated carbocycles. The van der Waals surface area contributed by atoms with E-state index in [1.165, 1.54) is 0 Å². The molecule has 0 aromatic carbocycles. The van der Waals surface area contributed by atoms with Gasteiger partial charge in [-0.2, -0.15) is 0 Å². The van der Waals surface area contributed by atoms with Crippen molar-refractivity contribution in [2.24, 2.45) is 0 Å². The molecule has 0 spiro atoms. The Bertz CT molecular complexity index is 540. The number of nitrogens with zero attached hydrogens (tertiary/aromatic N) is 2. The zero-order valence-electron chi connectivity index (χ0n) is 14.0. The Labute approximate surface area is 137 Å². The van der Waals surface area contributed by atoms with E-state index < -0.39 is 11.7 Å². The van der Waals surface area contributed by atoms with Gasteiger partial charge in [-0.1, -0.05) is 6.07 Å². The van der Waals surface area contributed by atoms with Crippen LogP contribution in [0.1, 0.15) is 44.1 Å². The van der Waals surface area contributed by atoms with E-state index in [2.05, 4.69) is 15.2 Å². The number of rotatable bonds is 4. The normalized spacial score (nSPS) is 19.2. The van der Waals surface area contributed by atoms with E-state index in [0.717, 1.165) is 19.4 Å². The summed E-state index contributed by atoms with van der Waals surface area (Å²) in [6.07, 6.45) is 3.06. The molecule has 0 bridgehead atoms. The summed E-state index contributed by atoms with van der Waals surface area (Å²) in [4.78, 5) is 30.2. The number of ether oxygens (including phenoxy) is 1. The maximum absolute atomic E-state index is 12.2. The third-order valence-electron chi connectivity index (χ3n) is 3.54. The van der Waals surface area contributed by atoms with Crippen LogP contribution in [-0.2, 0) is 4.74 Å². The molecule has 1 unspecified atom stereocenters. The average molecular weight is 319 g/mol. The molecule has 1 aromatic heterocycles. The Hall–Kier alpha value is -1.95. The maximum Gasteiger partial charge on any atom is 0.407 e. The van der Waals surface area contributed by atoms with E-state index in [9.17, 15) is 9.59 Å². The molecule has 6 heteroatoms. The molecule has 1 aliphatic heterocycles. The number of hydrogen-bond acceptors (Lipinski definition) is 5. The van der Waals surface area contributed by atoms with Crippen LogP contribution in [0.3, 0.4) is 0 Å². The first-order chi connectivity index (χ1) is 10.8. The summed E-state index contributed by atoms with van der Waals surface area (Å²) in [6, 6.07) is 5.33. The zero-order valence-corrected chi connectivity index (χ0v) is 14.0. The standard InChI is InChI=1S/C17H25N3O3/c1-17(2,3)23-16(22)19-13-7-6-10-20(11-13)12-15(21)14-8-4-5-9-18-14/h4-5,8-9,13H,6-7,10-12H2,1-3H3,(H,19,22). The number of piperidine rings is 1. The molecule has 2 heterocycles. The Morgan fingerprint density at radius 3 is 2.83 bits per heavy atom. The van der Waals surface area contributed by atoms with Crippen molar-refractivity contribution in [3.05, 3.63) is 30.1 Å². The molecule has 2 rings (SSSR count). The molecule has 1 amide bonds. The topological polar surface area (TPSA) is 71.5 Å². The van der Waals surface area contributed by atoms with E-state index in [-0.39, 0.29) is 11.8 Å². The summed E-state index contributed by atoms with van der Waals surface area (Å²) in [7, 11) is 0. The van der Waals surface area contributed by atoms with Crippen molar-refractivity contribution >= 4 is 11.9 Å². The summed E-state index contributed by atoms with van der Waals surface area (Å²) >= 11 is 0. The van der Waals surface area contributed by atoms with Crippen molar-refractivity contribution in [2.75, 3.05) is 19.6 Å². The highest BCUT2D eigenvalue weighted by Gasteiger charge is 2.25. The largest absolute Gasteiger partial charge is 0.444 e. The molecule has 126 valence electrons. The lowest BCUT2D eigenvalue weighted by Gasteiger charge is -2.33. The lowest BCUT2D eigenvalue weighted by molar-refractivity contribution is 0.0473. The van der Waals surface area contributed by atoms with Crippen LogP contribution in [0.5, 0.6) is 0 Å². The van der Waals surface area contributed by atoms with Gasteiger partial charge in [0.2, 0.25) is 0 Å². The molecule has 0 radical (unpaired) electrons. The number of amides is 1. The minimum atomic E-state index is -0.507. The van der Waals surface area contributed by atoms with Gasteiger partial charge >= 0.3 is 6.09 Å². The first kappa shape index (κ1) is 17.4. The number of nitrogens with one attached hydrogen (secondary N) is 1. The second-order valence-electron chi connectivity index (χ2n) is 6.86. The highest BCUT2D eigenvalue weighted by atomic mass is 16.6. The van der Waals surface area contributed by atoms with E-state index in [4.69, 9.17) is 4.74 Å². The van der Waals surface area contributed by atoms with Gasteiger partial charge in [0.25, 0.3) is 0 Å². The van der Waals surface area contributed by atoms with Gasteiger partial charge in [0, 0.05) is 18.8 Å². The molecule has 1 aromatic rings. The van der Waals surface area contributed by atoms with Crippen LogP contribution in [0.25, 0.3) is 0 Å². The number of Topliss-reactive ketones (excluding diaryl/α,β-unsaturated/α-hetero) is 1. The van der Waals surface area contributed by atoms with E-state index in [1.807, 2.05) is 26.8 Å². The summed E-state index contributed by atoms with van der Waals surface area (Å²) in [5.74, 6) is 0.00326. The molecule has 23 heavy (non-hydrogen) atoms. The van der Waals surface area contributed by atoms with Crippen molar-refractivity contribution < 1.29 is 14.3 Å². The number of ketones is 1. The Kier molecular flexibility index (Phi) is 5.71. The van der Waals surface area contributed by atoms with Crippen LogP contribution in [0, 0.1) is 0 Å². The maximum atomic E-state index is 12.2. The molecule has 1 saturated heterocycles. The number of carbonyl (C=O) groups is 2. The fourth-order valence-electron chi connectivity index (χ4n) is 2.60. The number of likely N-dealkylation sites (tertiary alicyclic amines) is 1. The van der Waals surface area contributed by atoms with Crippen molar-refractivity contribution in [1.29, 1.82) is 0 Å². The summed E-state index contributed by atoms with van der Waals surface area (Å²) in [6.45, 7) is 7.34. The highest BCUT2D eigenvalue weighted by Crippen LogP contribution is 2.13. The predicted octanol–water partition coefficient (Wildman–Crippen LogP) is 2.25. The van der Waals surface area contributed by atoms with Gasteiger partial charge in [0.1, 0.15) is 11.3 Å². The molecule has 1 aliphatic rings. The summed E-state index contributed by atoms with van der Waals surface area (Å²) in [5, 5.41) is 2.89. The third-order valence-corrected chi connectivity index (χ3v) is 3.54. The molecule has 1 N–H and O–H groups in total. The zero-order chi connectivity index (χ0) is 16.9. The summed E-state index contributed by atoms with van der Waals surface area (Å²) < 4.78 is 5.28. The van der Waals surface area contributed by atoms with Gasteiger partial charge in [-0.05, 0) is 52.3 Å². The van der Waals surface area contributed by atoms with Crippen molar-refractivity contribution in [3.8, 4) is 0 Å². The van der Waals surface area contributed by atoms with E-state index >= 15 is 0 Å². The van der Waals surface area contributed by atoms with Crippen LogP contribution in [0.2, 0.25) is 0 Å². The Morgan fingerprint density at radius 1 is 1.39 bits per heavy atom. The van der Waals surface area contributed by atoms with Crippen LogP contribution in [-0.4, -0.2) is 53.0 Å². The van der Waals surface area contributed by atoms with Gasteiger partial charge in [-0.3, -0.25) is 14.7 Å². The van der Waals surface area contributed by atoms with Crippen molar-refractivity contribution in [3.63, 3.8) is 0 Å². The van der Waals surface area contributed by atoms with Gasteiger partial charge in [-0.15, -0.1) is 0 Å². The number of carbonyl (C=O) groups excluding carboxylic acids is 2. The summed E-state index contributed by atoms with van der Waals surface area (Å²) in [5.41, 5.74) is -0.0253. The fraction of sp³-hybridized carbons (Fsp3) is 0.588. The number of alkyl carbamates (subject to hydrolysis) is 1. The molecule has 1 fully saturated rings. The minimum absolute atomic E-state index is 0.00326. The SMILES string of the molecule is CC(C)(C)OC(=O)NC1CCCN(CC(=O)c2ccccn2)C1. The number of aromatic nitrogens is 1. The van der Waals surface area contributed by atoms with Gasteiger partial charge < -0.3 is 10.1 Å². The molecular formula is C17H25N3O3. The van der Waals surface area contributed by atoms with Crippen LogP contribution >= 0.6 is 0 Å². The first-order valence-electron chi connectivity index (χ1n) is 7.99.